The molecule has 1 saturated carbocycles. The number of hydrogen-bond acceptors (Lipinski definition) is 3. The number of benzene rings is 1. The zero-order chi connectivity index (χ0) is 13.9. The van der Waals surface area contributed by atoms with Crippen molar-refractivity contribution < 1.29 is 0 Å². The minimum atomic E-state index is 0.420. The molecule has 3 nitrogen and oxygen atoms in total. The first-order valence-corrected chi connectivity index (χ1v) is 8.00. The third-order valence-corrected chi connectivity index (χ3v) is 4.94. The van der Waals surface area contributed by atoms with Gasteiger partial charge < -0.3 is 5.32 Å². The van der Waals surface area contributed by atoms with Crippen molar-refractivity contribution >= 4 is 0 Å². The maximum Gasteiger partial charge on any atom is 0.0473 e. The molecule has 20 heavy (non-hydrogen) atoms. The van der Waals surface area contributed by atoms with Crippen LogP contribution in [0.25, 0.3) is 0 Å². The summed E-state index contributed by atoms with van der Waals surface area (Å²) in [5.74, 6) is 0. The lowest BCUT2D eigenvalue weighted by atomic mass is 9.99. The summed E-state index contributed by atoms with van der Waals surface area (Å²) in [5.41, 5.74) is 1.40. The lowest BCUT2D eigenvalue weighted by molar-refractivity contribution is 0.0827. The summed E-state index contributed by atoms with van der Waals surface area (Å²) in [6.45, 7) is 7.28. The van der Waals surface area contributed by atoms with E-state index in [2.05, 4.69) is 59.4 Å². The number of hydrogen-bond donors (Lipinski definition) is 1. The molecule has 1 aliphatic heterocycles. The summed E-state index contributed by atoms with van der Waals surface area (Å²) < 4.78 is 0. The molecule has 1 aromatic carbocycles. The molecule has 0 bridgehead atoms. The number of nitrogens with one attached hydrogen (secondary N) is 1. The minimum Gasteiger partial charge on any atom is -0.312 e. The number of nitrogens with zero attached hydrogens (tertiary/aromatic N) is 2. The van der Waals surface area contributed by atoms with Crippen LogP contribution in [-0.4, -0.2) is 55.1 Å². The molecular formula is C17H27N3. The first-order chi connectivity index (χ1) is 9.79. The maximum absolute atomic E-state index is 3.51. The van der Waals surface area contributed by atoms with Crippen molar-refractivity contribution in [3.8, 4) is 0 Å². The fourth-order valence-electron chi connectivity index (χ4n) is 3.51. The second-order valence-electron chi connectivity index (χ2n) is 6.22. The molecule has 1 N–H and O–H groups in total. The molecule has 0 spiro atoms. The number of piperazine rings is 1. The van der Waals surface area contributed by atoms with Gasteiger partial charge in [-0.15, -0.1) is 0 Å². The molecule has 2 aliphatic rings. The molecule has 0 radical (unpaired) electrons. The van der Waals surface area contributed by atoms with E-state index in [0.29, 0.717) is 12.1 Å². The van der Waals surface area contributed by atoms with Gasteiger partial charge in [-0.1, -0.05) is 30.3 Å². The van der Waals surface area contributed by atoms with E-state index in [1.807, 2.05) is 0 Å². The highest BCUT2D eigenvalue weighted by molar-refractivity contribution is 5.20. The fourth-order valence-corrected chi connectivity index (χ4v) is 3.51. The van der Waals surface area contributed by atoms with Crippen molar-refractivity contribution in [2.45, 2.75) is 37.9 Å². The van der Waals surface area contributed by atoms with E-state index in [4.69, 9.17) is 0 Å². The van der Waals surface area contributed by atoms with Gasteiger partial charge >= 0.3 is 0 Å². The SMILES string of the molecule is CNC(c1ccccc1)C(C)N1CCN(C2CC2)CC1. The first kappa shape index (κ1) is 14.1. The highest BCUT2D eigenvalue weighted by Crippen LogP contribution is 2.29. The second kappa shape index (κ2) is 6.25. The Kier molecular flexibility index (Phi) is 4.39. The molecule has 2 fully saturated rings. The summed E-state index contributed by atoms with van der Waals surface area (Å²) in [4.78, 5) is 5.33. The van der Waals surface area contributed by atoms with Crippen molar-refractivity contribution in [2.24, 2.45) is 0 Å². The lowest BCUT2D eigenvalue weighted by Gasteiger charge is -2.41. The quantitative estimate of drug-likeness (QED) is 0.886. The van der Waals surface area contributed by atoms with Crippen LogP contribution < -0.4 is 5.32 Å². The Morgan fingerprint density at radius 3 is 2.25 bits per heavy atom. The summed E-state index contributed by atoms with van der Waals surface area (Å²) in [5, 5.41) is 3.51. The predicted molar refractivity (Wildman–Crippen MR) is 83.9 cm³/mol. The van der Waals surface area contributed by atoms with Crippen molar-refractivity contribution in [1.29, 1.82) is 0 Å². The molecule has 0 aromatic heterocycles. The molecule has 1 saturated heterocycles. The third-order valence-electron chi connectivity index (χ3n) is 4.94. The van der Waals surface area contributed by atoms with Gasteiger partial charge in [-0.2, -0.15) is 0 Å². The average molecular weight is 273 g/mol. The van der Waals surface area contributed by atoms with E-state index in [0.717, 1.165) is 6.04 Å². The van der Waals surface area contributed by atoms with Gasteiger partial charge in [0.15, 0.2) is 0 Å². The Balaban J connectivity index is 1.61. The third kappa shape index (κ3) is 3.05. The van der Waals surface area contributed by atoms with E-state index in [9.17, 15) is 0 Å². The molecular weight excluding hydrogens is 246 g/mol. The van der Waals surface area contributed by atoms with Gasteiger partial charge in [-0.05, 0) is 32.4 Å². The second-order valence-corrected chi connectivity index (χ2v) is 6.22. The van der Waals surface area contributed by atoms with Crippen molar-refractivity contribution in [2.75, 3.05) is 33.2 Å². The average Bonchev–Trinajstić information content (AvgIpc) is 3.34. The van der Waals surface area contributed by atoms with Gasteiger partial charge in [0, 0.05) is 44.3 Å². The monoisotopic (exact) mass is 273 g/mol. The molecule has 1 aromatic rings. The summed E-state index contributed by atoms with van der Waals surface area (Å²) in [6, 6.07) is 12.7. The smallest absolute Gasteiger partial charge is 0.0473 e. The van der Waals surface area contributed by atoms with Crippen LogP contribution in [0.2, 0.25) is 0 Å². The highest BCUT2D eigenvalue weighted by Gasteiger charge is 2.33. The number of rotatable bonds is 5. The van der Waals surface area contributed by atoms with Crippen LogP contribution in [0.1, 0.15) is 31.4 Å². The normalized spacial score (nSPS) is 24.5. The first-order valence-electron chi connectivity index (χ1n) is 8.00. The summed E-state index contributed by atoms with van der Waals surface area (Å²) in [7, 11) is 2.08. The van der Waals surface area contributed by atoms with Crippen LogP contribution >= 0.6 is 0 Å². The molecule has 2 unspecified atom stereocenters. The largest absolute Gasteiger partial charge is 0.312 e. The van der Waals surface area contributed by atoms with Gasteiger partial charge in [0.25, 0.3) is 0 Å². The maximum atomic E-state index is 3.51. The molecule has 3 heteroatoms. The Morgan fingerprint density at radius 2 is 1.70 bits per heavy atom. The fraction of sp³-hybridized carbons (Fsp3) is 0.647. The lowest BCUT2D eigenvalue weighted by Crippen LogP contribution is -2.52. The van der Waals surface area contributed by atoms with Crippen LogP contribution in [0, 0.1) is 0 Å². The van der Waals surface area contributed by atoms with Crippen LogP contribution in [0.4, 0.5) is 0 Å². The summed E-state index contributed by atoms with van der Waals surface area (Å²) in [6.07, 6.45) is 2.86. The Labute approximate surface area is 123 Å². The van der Waals surface area contributed by atoms with Crippen molar-refractivity contribution in [3.63, 3.8) is 0 Å². The van der Waals surface area contributed by atoms with Gasteiger partial charge in [-0.3, -0.25) is 9.80 Å². The molecule has 0 amide bonds. The van der Waals surface area contributed by atoms with Crippen LogP contribution in [0.15, 0.2) is 30.3 Å². The topological polar surface area (TPSA) is 18.5 Å². The van der Waals surface area contributed by atoms with E-state index in [1.54, 1.807) is 0 Å². The van der Waals surface area contributed by atoms with E-state index in [-0.39, 0.29) is 0 Å². The highest BCUT2D eigenvalue weighted by atomic mass is 15.3. The molecule has 1 heterocycles. The predicted octanol–water partition coefficient (Wildman–Crippen LogP) is 2.12. The molecule has 110 valence electrons. The standard InChI is InChI=1S/C17H27N3/c1-14(17(18-2)15-6-4-3-5-7-15)19-10-12-20(13-11-19)16-8-9-16/h3-7,14,16-18H,8-13H2,1-2H3. The summed E-state index contributed by atoms with van der Waals surface area (Å²) >= 11 is 0. The molecule has 3 rings (SSSR count). The van der Waals surface area contributed by atoms with Gasteiger partial charge in [0.1, 0.15) is 0 Å². The van der Waals surface area contributed by atoms with E-state index >= 15 is 0 Å². The molecule has 1 aliphatic carbocycles. The van der Waals surface area contributed by atoms with Gasteiger partial charge in [0.2, 0.25) is 0 Å². The van der Waals surface area contributed by atoms with Crippen LogP contribution in [-0.2, 0) is 0 Å². The Bertz CT molecular complexity index is 408. The zero-order valence-electron chi connectivity index (χ0n) is 12.8. The van der Waals surface area contributed by atoms with Crippen molar-refractivity contribution in [3.05, 3.63) is 35.9 Å². The Hall–Kier alpha value is -0.900. The van der Waals surface area contributed by atoms with Crippen molar-refractivity contribution in [1.82, 2.24) is 15.1 Å². The zero-order valence-corrected chi connectivity index (χ0v) is 12.8. The van der Waals surface area contributed by atoms with Crippen LogP contribution in [0.5, 0.6) is 0 Å². The van der Waals surface area contributed by atoms with E-state index in [1.165, 1.54) is 44.6 Å². The minimum absolute atomic E-state index is 0.420. The van der Waals surface area contributed by atoms with Gasteiger partial charge in [-0.25, -0.2) is 0 Å². The Morgan fingerprint density at radius 1 is 1.05 bits per heavy atom. The van der Waals surface area contributed by atoms with E-state index < -0.39 is 0 Å². The van der Waals surface area contributed by atoms with Crippen LogP contribution in [0.3, 0.4) is 0 Å². The van der Waals surface area contributed by atoms with Gasteiger partial charge in [0.05, 0.1) is 0 Å². The molecule has 2 atom stereocenters. The number of likely N-dealkylation sites (N-methyl/N-ethyl adjacent to an activating group) is 1.